The van der Waals surface area contributed by atoms with E-state index in [1.807, 2.05) is 0 Å². The molecule has 0 heterocycles. The molecule has 7 heavy (non-hydrogen) atoms. The molecule has 0 saturated heterocycles. The van der Waals surface area contributed by atoms with Crippen LogP contribution in [-0.2, 0) is 3.07 Å². The molecule has 0 N–H and O–H groups in total. The number of rotatable bonds is 1. The topological polar surface area (TPSA) is 78.4 Å². The summed E-state index contributed by atoms with van der Waals surface area (Å²) in [7, 11) is 0.851. The van der Waals surface area contributed by atoms with Crippen LogP contribution in [0.5, 0.6) is 0 Å². The zero-order valence-corrected chi connectivity index (χ0v) is 5.17. The first-order valence-electron chi connectivity index (χ1n) is 1.03. The summed E-state index contributed by atoms with van der Waals surface area (Å²) in [6, 6.07) is 0. The van der Waals surface area contributed by atoms with Gasteiger partial charge in [-0.1, -0.05) is 0 Å². The standard InChI is InChI=1S/CH3IO4.Na.H/c1-6-2(3,4)5;;/h1H3;;. The minimum absolute atomic E-state index is 0. The van der Waals surface area contributed by atoms with E-state index in [4.69, 9.17) is 0 Å². The van der Waals surface area contributed by atoms with Crippen molar-refractivity contribution in [2.24, 2.45) is 0 Å². The maximum absolute atomic E-state index is 9.32. The van der Waals surface area contributed by atoms with Crippen LogP contribution in [0.3, 0.4) is 0 Å². The van der Waals surface area contributed by atoms with Gasteiger partial charge < -0.3 is 0 Å². The van der Waals surface area contributed by atoms with Crippen molar-refractivity contribution in [3.8, 4) is 0 Å². The van der Waals surface area contributed by atoms with Crippen molar-refractivity contribution in [1.29, 1.82) is 0 Å². The van der Waals surface area contributed by atoms with Gasteiger partial charge >= 0.3 is 49.7 Å². The molecule has 4 nitrogen and oxygen atoms in total. The van der Waals surface area contributed by atoms with Crippen LogP contribution in [-0.4, -0.2) is 36.7 Å². The Kier molecular flexibility index (Phi) is 7.23. The molecule has 0 amide bonds. The molecule has 6 heteroatoms. The Morgan fingerprint density at radius 2 is 1.43 bits per heavy atom. The van der Waals surface area contributed by atoms with E-state index >= 15 is 0 Å². The molecule has 0 aliphatic rings. The van der Waals surface area contributed by atoms with Crippen LogP contribution in [0.1, 0.15) is 0 Å². The van der Waals surface area contributed by atoms with Gasteiger partial charge in [0.2, 0.25) is 0 Å². The molecule has 0 aromatic heterocycles. The second-order valence-corrected chi connectivity index (χ2v) is 3.57. The summed E-state index contributed by atoms with van der Waals surface area (Å²) in [5.74, 6) is 0. The Balaban J connectivity index is 0. The summed E-state index contributed by atoms with van der Waals surface area (Å²) in [5.41, 5.74) is 0. The molecular weight excluding hydrogens is 226 g/mol. The second-order valence-electron chi connectivity index (χ2n) is 0.532. The Hall–Kier alpha value is 1.57. The minimum atomic E-state index is -5.23. The van der Waals surface area contributed by atoms with E-state index < -0.39 is 20.1 Å². The Morgan fingerprint density at radius 3 is 1.43 bits per heavy atom. The number of halogens is 1. The first-order chi connectivity index (χ1) is 2.56. The predicted octanol–water partition coefficient (Wildman–Crippen LogP) is -7.11. The van der Waals surface area contributed by atoms with Gasteiger partial charge in [0.25, 0.3) is 0 Å². The maximum atomic E-state index is 9.32. The zero-order chi connectivity index (χ0) is 5.21. The zero-order valence-electron chi connectivity index (χ0n) is 3.01. The monoisotopic (exact) mass is 230 g/mol. The van der Waals surface area contributed by atoms with Crippen LogP contribution >= 0.6 is 0 Å². The molecule has 0 aromatic rings. The van der Waals surface area contributed by atoms with Crippen molar-refractivity contribution in [2.75, 3.05) is 7.11 Å². The molecule has 0 atom stereocenters. The molecule has 0 rings (SSSR count). The third-order valence-electron chi connectivity index (χ3n) is 0.189. The van der Waals surface area contributed by atoms with E-state index in [9.17, 15) is 10.3 Å². The Morgan fingerprint density at radius 1 is 1.29 bits per heavy atom. The van der Waals surface area contributed by atoms with Gasteiger partial charge in [0, 0.05) is 3.07 Å². The van der Waals surface area contributed by atoms with Crippen molar-refractivity contribution >= 4 is 29.6 Å². The van der Waals surface area contributed by atoms with E-state index in [0.717, 1.165) is 7.11 Å². The van der Waals surface area contributed by atoms with Crippen LogP contribution in [0, 0.1) is 0 Å². The molecule has 0 radical (unpaired) electrons. The Bertz CT molecular complexity index is 41.4. The van der Waals surface area contributed by atoms with Gasteiger partial charge in [0.05, 0.1) is 0 Å². The summed E-state index contributed by atoms with van der Waals surface area (Å²) in [4.78, 5) is 0. The number of hydrogen-bond donors (Lipinski definition) is 0. The van der Waals surface area contributed by atoms with E-state index in [0.29, 0.717) is 0 Å². The molecule has 40 valence electrons. The molecular formula is CH4INaO4. The first kappa shape index (κ1) is 11.4. The van der Waals surface area contributed by atoms with Gasteiger partial charge in [-0.25, -0.2) is 0 Å². The van der Waals surface area contributed by atoms with E-state index in [1.54, 1.807) is 0 Å². The van der Waals surface area contributed by atoms with Crippen LogP contribution in [0.25, 0.3) is 0 Å². The quantitative estimate of drug-likeness (QED) is 0.331. The van der Waals surface area contributed by atoms with Crippen LogP contribution in [0.2, 0.25) is 0 Å². The molecule has 0 aliphatic heterocycles. The van der Waals surface area contributed by atoms with E-state index in [1.165, 1.54) is 0 Å². The fraction of sp³-hybridized carbons (Fsp3) is 1.00. The van der Waals surface area contributed by atoms with Crippen molar-refractivity contribution in [3.63, 3.8) is 0 Å². The summed E-state index contributed by atoms with van der Waals surface area (Å²) >= 11 is -5.23. The van der Waals surface area contributed by atoms with Crippen molar-refractivity contribution in [2.45, 2.75) is 0 Å². The van der Waals surface area contributed by atoms with Crippen molar-refractivity contribution in [1.82, 2.24) is 0 Å². The van der Waals surface area contributed by atoms with Crippen molar-refractivity contribution < 1.29 is 33.5 Å². The Labute approximate surface area is 69.5 Å². The fourth-order valence-electron chi connectivity index (χ4n) is 0. The average Bonchev–Trinajstić information content (AvgIpc) is 1.35. The summed E-state index contributed by atoms with van der Waals surface area (Å²) in [6.07, 6.45) is 0. The van der Waals surface area contributed by atoms with Gasteiger partial charge in [-0.15, -0.1) is 0 Å². The van der Waals surface area contributed by atoms with E-state index in [2.05, 4.69) is 3.07 Å². The molecule has 0 unspecified atom stereocenters. The summed E-state index contributed by atoms with van der Waals surface area (Å²) in [5, 5.41) is 0. The van der Waals surface area contributed by atoms with Crippen molar-refractivity contribution in [3.05, 3.63) is 0 Å². The van der Waals surface area contributed by atoms with Gasteiger partial charge in [0.1, 0.15) is 0 Å². The first-order valence-corrected chi connectivity index (χ1v) is 4.55. The molecule has 0 bridgehead atoms. The van der Waals surface area contributed by atoms with Gasteiger partial charge in [-0.2, -0.15) is 0 Å². The molecule has 0 aliphatic carbocycles. The second kappa shape index (κ2) is 4.45. The molecule has 0 aromatic carbocycles. The third-order valence-corrected chi connectivity index (χ3v) is 1.27. The summed E-state index contributed by atoms with van der Waals surface area (Å²) < 4.78 is 31.4. The molecule has 0 fully saturated rings. The van der Waals surface area contributed by atoms with Crippen LogP contribution < -0.4 is 30.4 Å². The van der Waals surface area contributed by atoms with Gasteiger partial charge in [-0.05, 0) is 0 Å². The molecule has 0 saturated carbocycles. The van der Waals surface area contributed by atoms with Gasteiger partial charge in [0.15, 0.2) is 7.11 Å². The van der Waals surface area contributed by atoms with Crippen LogP contribution in [0.4, 0.5) is 0 Å². The third kappa shape index (κ3) is 11.2. The summed E-state index contributed by atoms with van der Waals surface area (Å²) in [6.45, 7) is 0. The number of hydrogen-bond acceptors (Lipinski definition) is 4. The predicted molar refractivity (Wildman–Crippen MR) is 14.2 cm³/mol. The normalized spacial score (nSPS) is 10.3. The van der Waals surface area contributed by atoms with Crippen LogP contribution in [0.15, 0.2) is 0 Å². The SMILES string of the molecule is CO[I+3]([O-])([O-])[O-].[NaH]. The van der Waals surface area contributed by atoms with E-state index in [-0.39, 0.29) is 29.6 Å². The average molecular weight is 230 g/mol. The molecule has 0 spiro atoms. The fourth-order valence-corrected chi connectivity index (χ4v) is 0. The van der Waals surface area contributed by atoms with Gasteiger partial charge in [-0.3, -0.25) is 10.3 Å².